The summed E-state index contributed by atoms with van der Waals surface area (Å²) in [6.07, 6.45) is 0.868. The molecule has 108 valence electrons. The number of urea groups is 1. The Labute approximate surface area is 118 Å². The highest BCUT2D eigenvalue weighted by molar-refractivity contribution is 5.78. The first-order valence-electron chi connectivity index (χ1n) is 6.76. The fourth-order valence-corrected chi connectivity index (χ4v) is 1.89. The van der Waals surface area contributed by atoms with Crippen LogP contribution in [0.5, 0.6) is 0 Å². The Morgan fingerprint density at radius 3 is 2.80 bits per heavy atom. The molecule has 0 saturated heterocycles. The van der Waals surface area contributed by atoms with Crippen LogP contribution >= 0.6 is 0 Å². The van der Waals surface area contributed by atoms with Crippen molar-refractivity contribution >= 4 is 17.0 Å². The SMILES string of the molecule is CCCNC(=O)NCC(C)(O)c1cc2ccccc2o1. The standard InChI is InChI=1S/C15H20N2O3/c1-3-8-16-14(18)17-10-15(2,19)13-9-11-6-4-5-7-12(11)20-13/h4-7,9,19H,3,8,10H2,1-2H3,(H2,16,17,18). The lowest BCUT2D eigenvalue weighted by molar-refractivity contribution is 0.0383. The van der Waals surface area contributed by atoms with Gasteiger partial charge in [0.25, 0.3) is 0 Å². The van der Waals surface area contributed by atoms with Crippen molar-refractivity contribution in [2.24, 2.45) is 0 Å². The molecule has 5 nitrogen and oxygen atoms in total. The van der Waals surface area contributed by atoms with Gasteiger partial charge in [0, 0.05) is 11.9 Å². The number of amides is 2. The van der Waals surface area contributed by atoms with E-state index in [1.54, 1.807) is 13.0 Å². The third kappa shape index (κ3) is 3.30. The van der Waals surface area contributed by atoms with Crippen LogP contribution in [0.4, 0.5) is 4.79 Å². The largest absolute Gasteiger partial charge is 0.458 e. The van der Waals surface area contributed by atoms with Crippen LogP contribution in [-0.2, 0) is 5.60 Å². The van der Waals surface area contributed by atoms with Crippen LogP contribution in [0.2, 0.25) is 0 Å². The smallest absolute Gasteiger partial charge is 0.314 e. The number of fused-ring (bicyclic) bond motifs is 1. The van der Waals surface area contributed by atoms with Gasteiger partial charge in [0.05, 0.1) is 6.54 Å². The molecule has 2 rings (SSSR count). The minimum atomic E-state index is -1.25. The molecule has 1 aromatic carbocycles. The van der Waals surface area contributed by atoms with E-state index in [0.29, 0.717) is 12.3 Å². The molecule has 0 fully saturated rings. The minimum absolute atomic E-state index is 0.0857. The number of furan rings is 1. The molecule has 1 atom stereocenters. The van der Waals surface area contributed by atoms with Crippen molar-refractivity contribution in [3.05, 3.63) is 36.1 Å². The molecule has 5 heteroatoms. The molecule has 0 aliphatic carbocycles. The molecule has 0 radical (unpaired) electrons. The highest BCUT2D eigenvalue weighted by atomic mass is 16.4. The highest BCUT2D eigenvalue weighted by Gasteiger charge is 2.28. The van der Waals surface area contributed by atoms with Crippen molar-refractivity contribution in [1.29, 1.82) is 0 Å². The van der Waals surface area contributed by atoms with E-state index in [4.69, 9.17) is 4.42 Å². The first kappa shape index (κ1) is 14.4. The Hall–Kier alpha value is -2.01. The van der Waals surface area contributed by atoms with Gasteiger partial charge < -0.3 is 20.2 Å². The molecule has 0 aliphatic rings. The van der Waals surface area contributed by atoms with Gasteiger partial charge in [-0.3, -0.25) is 0 Å². The molecule has 0 saturated carbocycles. The summed E-state index contributed by atoms with van der Waals surface area (Å²) in [6, 6.07) is 9.05. The van der Waals surface area contributed by atoms with E-state index in [1.807, 2.05) is 31.2 Å². The van der Waals surface area contributed by atoms with Gasteiger partial charge in [-0.2, -0.15) is 0 Å². The summed E-state index contributed by atoms with van der Waals surface area (Å²) < 4.78 is 5.62. The summed E-state index contributed by atoms with van der Waals surface area (Å²) in [4.78, 5) is 11.5. The van der Waals surface area contributed by atoms with Crippen LogP contribution in [0.3, 0.4) is 0 Å². The zero-order valence-corrected chi connectivity index (χ0v) is 11.8. The molecule has 2 amide bonds. The topological polar surface area (TPSA) is 74.5 Å². The number of rotatable bonds is 5. The summed E-state index contributed by atoms with van der Waals surface area (Å²) in [5, 5.41) is 16.7. The minimum Gasteiger partial charge on any atom is -0.458 e. The molecule has 1 heterocycles. The van der Waals surface area contributed by atoms with E-state index in [9.17, 15) is 9.90 Å². The molecular weight excluding hydrogens is 256 g/mol. The van der Waals surface area contributed by atoms with Gasteiger partial charge in [0.1, 0.15) is 16.9 Å². The summed E-state index contributed by atoms with van der Waals surface area (Å²) in [5.74, 6) is 0.439. The number of hydrogen-bond donors (Lipinski definition) is 3. The predicted molar refractivity (Wildman–Crippen MR) is 77.5 cm³/mol. The molecular formula is C15H20N2O3. The fourth-order valence-electron chi connectivity index (χ4n) is 1.89. The average Bonchev–Trinajstić information content (AvgIpc) is 2.87. The number of benzene rings is 1. The van der Waals surface area contributed by atoms with Crippen LogP contribution in [0, 0.1) is 0 Å². The van der Waals surface area contributed by atoms with Crippen LogP contribution < -0.4 is 10.6 Å². The quantitative estimate of drug-likeness (QED) is 0.784. The maximum Gasteiger partial charge on any atom is 0.314 e. The molecule has 0 spiro atoms. The van der Waals surface area contributed by atoms with Crippen LogP contribution in [0.1, 0.15) is 26.0 Å². The molecule has 1 unspecified atom stereocenters. The first-order chi connectivity index (χ1) is 9.53. The van der Waals surface area contributed by atoms with Gasteiger partial charge >= 0.3 is 6.03 Å². The van der Waals surface area contributed by atoms with E-state index in [0.717, 1.165) is 17.4 Å². The maximum absolute atomic E-state index is 11.5. The zero-order valence-electron chi connectivity index (χ0n) is 11.8. The zero-order chi connectivity index (χ0) is 14.6. The molecule has 3 N–H and O–H groups in total. The van der Waals surface area contributed by atoms with Crippen molar-refractivity contribution < 1.29 is 14.3 Å². The third-order valence-corrected chi connectivity index (χ3v) is 3.09. The van der Waals surface area contributed by atoms with Gasteiger partial charge in [-0.15, -0.1) is 0 Å². The van der Waals surface area contributed by atoms with Crippen molar-refractivity contribution in [3.63, 3.8) is 0 Å². The van der Waals surface area contributed by atoms with Crippen LogP contribution in [-0.4, -0.2) is 24.2 Å². The number of hydrogen-bond acceptors (Lipinski definition) is 3. The molecule has 20 heavy (non-hydrogen) atoms. The maximum atomic E-state index is 11.5. The Balaban J connectivity index is 2.03. The lowest BCUT2D eigenvalue weighted by Crippen LogP contribution is -2.43. The van der Waals surface area contributed by atoms with Gasteiger partial charge in [-0.1, -0.05) is 25.1 Å². The lowest BCUT2D eigenvalue weighted by atomic mass is 10.0. The summed E-state index contributed by atoms with van der Waals surface area (Å²) in [6.45, 7) is 4.29. The molecule has 1 aromatic heterocycles. The number of carbonyl (C=O) groups excluding carboxylic acids is 1. The van der Waals surface area contributed by atoms with Crippen molar-refractivity contribution in [2.75, 3.05) is 13.1 Å². The molecule has 2 aromatic rings. The summed E-state index contributed by atoms with van der Waals surface area (Å²) in [5.41, 5.74) is -0.527. The normalized spacial score (nSPS) is 13.9. The number of nitrogens with one attached hydrogen (secondary N) is 2. The van der Waals surface area contributed by atoms with Gasteiger partial charge in [-0.05, 0) is 25.5 Å². The monoisotopic (exact) mass is 276 g/mol. The second-order valence-corrected chi connectivity index (χ2v) is 5.03. The number of aliphatic hydroxyl groups is 1. The highest BCUT2D eigenvalue weighted by Crippen LogP contribution is 2.27. The molecule has 0 bridgehead atoms. The first-order valence-corrected chi connectivity index (χ1v) is 6.76. The van der Waals surface area contributed by atoms with Crippen LogP contribution in [0.15, 0.2) is 34.7 Å². The number of carbonyl (C=O) groups is 1. The van der Waals surface area contributed by atoms with E-state index < -0.39 is 5.60 Å². The predicted octanol–water partition coefficient (Wildman–Crippen LogP) is 2.35. The Morgan fingerprint density at radius 1 is 1.35 bits per heavy atom. The Morgan fingerprint density at radius 2 is 2.10 bits per heavy atom. The number of para-hydroxylation sites is 1. The van der Waals surface area contributed by atoms with Crippen molar-refractivity contribution in [2.45, 2.75) is 25.9 Å². The third-order valence-electron chi connectivity index (χ3n) is 3.09. The summed E-state index contributed by atoms with van der Waals surface area (Å²) in [7, 11) is 0. The van der Waals surface area contributed by atoms with Gasteiger partial charge in [-0.25, -0.2) is 4.79 Å². The van der Waals surface area contributed by atoms with Gasteiger partial charge in [0.2, 0.25) is 0 Å². The van der Waals surface area contributed by atoms with Crippen molar-refractivity contribution in [3.8, 4) is 0 Å². The lowest BCUT2D eigenvalue weighted by Gasteiger charge is -2.21. The van der Waals surface area contributed by atoms with Crippen LogP contribution in [0.25, 0.3) is 11.0 Å². The Bertz CT molecular complexity index is 557. The van der Waals surface area contributed by atoms with E-state index in [2.05, 4.69) is 10.6 Å². The fraction of sp³-hybridized carbons (Fsp3) is 0.400. The second-order valence-electron chi connectivity index (χ2n) is 5.03. The van der Waals surface area contributed by atoms with E-state index in [1.165, 1.54) is 0 Å². The van der Waals surface area contributed by atoms with E-state index in [-0.39, 0.29) is 12.6 Å². The Kier molecular flexibility index (Phi) is 4.29. The van der Waals surface area contributed by atoms with Gasteiger partial charge in [0.15, 0.2) is 0 Å². The van der Waals surface area contributed by atoms with E-state index >= 15 is 0 Å². The second kappa shape index (κ2) is 5.96. The molecule has 0 aliphatic heterocycles. The average molecular weight is 276 g/mol. The van der Waals surface area contributed by atoms with Crippen molar-refractivity contribution in [1.82, 2.24) is 10.6 Å². The summed E-state index contributed by atoms with van der Waals surface area (Å²) >= 11 is 0.